The number of benzene rings is 2. The first-order valence-corrected chi connectivity index (χ1v) is 9.64. The zero-order chi connectivity index (χ0) is 24.0. The highest BCUT2D eigenvalue weighted by Crippen LogP contribution is 2.39. The maximum atomic E-state index is 12.5. The number of phenols is 3. The normalized spacial score (nSPS) is 25.3. The summed E-state index contributed by atoms with van der Waals surface area (Å²) in [7, 11) is 0. The summed E-state index contributed by atoms with van der Waals surface area (Å²) in [6.45, 7) is -0.688. The van der Waals surface area contributed by atoms with Crippen molar-refractivity contribution >= 4 is 11.0 Å². The summed E-state index contributed by atoms with van der Waals surface area (Å²) in [6, 6.07) is 5.49. The molecule has 2 heterocycles. The molecule has 0 saturated carbocycles. The van der Waals surface area contributed by atoms with E-state index in [-0.39, 0.29) is 28.0 Å². The summed E-state index contributed by atoms with van der Waals surface area (Å²) in [5, 5.41) is 78.9. The Morgan fingerprint density at radius 1 is 0.909 bits per heavy atom. The van der Waals surface area contributed by atoms with Gasteiger partial charge in [0.25, 0.3) is 0 Å². The molecule has 176 valence electrons. The van der Waals surface area contributed by atoms with Crippen LogP contribution in [-0.4, -0.2) is 78.2 Å². The number of hydrogen-bond donors (Lipinski definition) is 8. The molecule has 3 aromatic rings. The number of phenolic OH excluding ortho intramolecular Hbond substituents is 3. The number of aliphatic hydroxyl groups excluding tert-OH is 4. The van der Waals surface area contributed by atoms with E-state index >= 15 is 0 Å². The minimum atomic E-state index is -1.75. The van der Waals surface area contributed by atoms with Crippen LogP contribution in [0.4, 0.5) is 0 Å². The van der Waals surface area contributed by atoms with Crippen LogP contribution >= 0.6 is 0 Å². The molecule has 0 unspecified atom stereocenters. The van der Waals surface area contributed by atoms with Crippen molar-refractivity contribution in [3.8, 4) is 40.1 Å². The standard InChI is InChI=1S/C21H20O12/c22-6-13-15(26)17(28)19(30)21(33-13)32-11-3-7(1-2-9(11)24)20-18(29)16(27)14-10(25)4-8(23)5-12(14)31-20/h1-5,13,15,17,19,21-26,28-30H,6H2/t13-,15-,17-,19-,21-/m1/s1. The summed E-state index contributed by atoms with van der Waals surface area (Å²) in [5.74, 6) is -3.01. The van der Waals surface area contributed by atoms with Crippen LogP contribution in [0.25, 0.3) is 22.3 Å². The molecule has 12 nitrogen and oxygen atoms in total. The molecule has 1 aromatic heterocycles. The number of rotatable bonds is 4. The predicted molar refractivity (Wildman–Crippen MR) is 109 cm³/mol. The molecule has 1 aliphatic heterocycles. The molecule has 0 amide bonds. The Morgan fingerprint density at radius 2 is 1.64 bits per heavy atom. The van der Waals surface area contributed by atoms with Gasteiger partial charge in [-0.05, 0) is 18.2 Å². The zero-order valence-corrected chi connectivity index (χ0v) is 16.7. The van der Waals surface area contributed by atoms with Gasteiger partial charge in [-0.1, -0.05) is 0 Å². The van der Waals surface area contributed by atoms with Crippen molar-refractivity contribution in [1.29, 1.82) is 0 Å². The Balaban J connectivity index is 1.75. The van der Waals surface area contributed by atoms with E-state index in [1.165, 1.54) is 6.07 Å². The molecule has 1 aliphatic rings. The molecule has 1 fully saturated rings. The SMILES string of the molecule is O=c1c(O)c(-c2ccc(O)c(O[C@@H]3O[C@H](CO)[C@@H](O)[C@@H](O)[C@H]3O)c2)oc2cc(O)cc(O)c12. The third kappa shape index (κ3) is 3.90. The Morgan fingerprint density at radius 3 is 2.33 bits per heavy atom. The monoisotopic (exact) mass is 464 g/mol. The highest BCUT2D eigenvalue weighted by atomic mass is 16.7. The zero-order valence-electron chi connectivity index (χ0n) is 16.7. The lowest BCUT2D eigenvalue weighted by molar-refractivity contribution is -0.277. The fraction of sp³-hybridized carbons (Fsp3) is 0.286. The van der Waals surface area contributed by atoms with E-state index in [0.717, 1.165) is 24.3 Å². The van der Waals surface area contributed by atoms with Gasteiger partial charge in [0.2, 0.25) is 17.5 Å². The Bertz CT molecular complexity index is 1250. The van der Waals surface area contributed by atoms with Crippen molar-refractivity contribution in [2.75, 3.05) is 6.61 Å². The van der Waals surface area contributed by atoms with Crippen LogP contribution in [0.1, 0.15) is 0 Å². The number of fused-ring (bicyclic) bond motifs is 1. The second-order valence-electron chi connectivity index (χ2n) is 7.44. The smallest absolute Gasteiger partial charge is 0.238 e. The van der Waals surface area contributed by atoms with Crippen molar-refractivity contribution in [2.24, 2.45) is 0 Å². The topological polar surface area (TPSA) is 211 Å². The molecule has 5 atom stereocenters. The average molecular weight is 464 g/mol. The van der Waals surface area contributed by atoms with Crippen molar-refractivity contribution in [3.05, 3.63) is 40.6 Å². The van der Waals surface area contributed by atoms with Gasteiger partial charge in [-0.3, -0.25) is 4.79 Å². The fourth-order valence-electron chi connectivity index (χ4n) is 3.51. The summed E-state index contributed by atoms with van der Waals surface area (Å²) in [6.07, 6.45) is -7.92. The van der Waals surface area contributed by atoms with E-state index in [9.17, 15) is 45.6 Å². The van der Waals surface area contributed by atoms with Crippen molar-refractivity contribution in [3.63, 3.8) is 0 Å². The van der Waals surface area contributed by atoms with E-state index in [1.54, 1.807) is 0 Å². The lowest BCUT2D eigenvalue weighted by Gasteiger charge is -2.39. The molecular weight excluding hydrogens is 444 g/mol. The Hall–Kier alpha value is -3.55. The number of ether oxygens (including phenoxy) is 2. The van der Waals surface area contributed by atoms with Crippen molar-refractivity contribution in [1.82, 2.24) is 0 Å². The maximum Gasteiger partial charge on any atom is 0.238 e. The van der Waals surface area contributed by atoms with Crippen LogP contribution in [0.15, 0.2) is 39.5 Å². The highest BCUT2D eigenvalue weighted by Gasteiger charge is 2.45. The second-order valence-corrected chi connectivity index (χ2v) is 7.44. The number of hydrogen-bond acceptors (Lipinski definition) is 12. The first-order chi connectivity index (χ1) is 15.6. The van der Waals surface area contributed by atoms with E-state index in [1.807, 2.05) is 0 Å². The fourth-order valence-corrected chi connectivity index (χ4v) is 3.51. The van der Waals surface area contributed by atoms with Crippen molar-refractivity contribution < 1.29 is 54.7 Å². The molecule has 2 aromatic carbocycles. The van der Waals surface area contributed by atoms with E-state index in [2.05, 4.69) is 0 Å². The molecule has 4 rings (SSSR count). The first kappa shape index (κ1) is 22.6. The van der Waals surface area contributed by atoms with Crippen LogP contribution in [0, 0.1) is 0 Å². The molecule has 1 saturated heterocycles. The molecule has 8 N–H and O–H groups in total. The van der Waals surface area contributed by atoms with E-state index < -0.39 is 65.7 Å². The van der Waals surface area contributed by atoms with Gasteiger partial charge in [0.15, 0.2) is 17.3 Å². The maximum absolute atomic E-state index is 12.5. The molecule has 0 aliphatic carbocycles. The second kappa shape index (κ2) is 8.42. The van der Waals surface area contributed by atoms with Gasteiger partial charge in [-0.25, -0.2) is 0 Å². The largest absolute Gasteiger partial charge is 0.508 e. The first-order valence-electron chi connectivity index (χ1n) is 9.64. The third-order valence-corrected chi connectivity index (χ3v) is 5.25. The van der Waals surface area contributed by atoms with Gasteiger partial charge in [0.1, 0.15) is 46.9 Å². The summed E-state index contributed by atoms with van der Waals surface area (Å²) >= 11 is 0. The summed E-state index contributed by atoms with van der Waals surface area (Å²) in [4.78, 5) is 12.5. The Labute approximate surface area is 184 Å². The average Bonchev–Trinajstić information content (AvgIpc) is 2.77. The van der Waals surface area contributed by atoms with E-state index in [4.69, 9.17) is 13.9 Å². The molecular formula is C21H20O12. The van der Waals surface area contributed by atoms with Gasteiger partial charge < -0.3 is 54.7 Å². The van der Waals surface area contributed by atoms with Crippen LogP contribution in [0.2, 0.25) is 0 Å². The molecule has 12 heteroatoms. The molecule has 0 bridgehead atoms. The van der Waals surface area contributed by atoms with Crippen LogP contribution < -0.4 is 10.2 Å². The number of aromatic hydroxyl groups is 4. The molecule has 0 spiro atoms. The Kier molecular flexibility index (Phi) is 5.78. The lowest BCUT2D eigenvalue weighted by atomic mass is 9.99. The van der Waals surface area contributed by atoms with E-state index in [0.29, 0.717) is 0 Å². The highest BCUT2D eigenvalue weighted by molar-refractivity contribution is 5.88. The predicted octanol–water partition coefficient (Wildman–Crippen LogP) is -0.539. The van der Waals surface area contributed by atoms with Gasteiger partial charge in [-0.15, -0.1) is 0 Å². The van der Waals surface area contributed by atoms with Gasteiger partial charge in [0, 0.05) is 17.7 Å². The van der Waals surface area contributed by atoms with Gasteiger partial charge in [0.05, 0.1) is 6.61 Å². The number of aliphatic hydroxyl groups is 4. The van der Waals surface area contributed by atoms with Gasteiger partial charge >= 0.3 is 0 Å². The van der Waals surface area contributed by atoms with Crippen LogP contribution in [0.5, 0.6) is 28.7 Å². The van der Waals surface area contributed by atoms with Crippen molar-refractivity contribution in [2.45, 2.75) is 30.7 Å². The quantitative estimate of drug-likeness (QED) is 0.245. The lowest BCUT2D eigenvalue weighted by Crippen LogP contribution is -2.60. The van der Waals surface area contributed by atoms with Crippen LogP contribution in [-0.2, 0) is 4.74 Å². The molecule has 0 radical (unpaired) electrons. The van der Waals surface area contributed by atoms with Gasteiger partial charge in [-0.2, -0.15) is 0 Å². The minimum absolute atomic E-state index is 0.0201. The third-order valence-electron chi connectivity index (χ3n) is 5.25. The summed E-state index contributed by atoms with van der Waals surface area (Å²) in [5.41, 5.74) is -1.19. The minimum Gasteiger partial charge on any atom is -0.508 e. The molecule has 33 heavy (non-hydrogen) atoms. The van der Waals surface area contributed by atoms with Crippen LogP contribution in [0.3, 0.4) is 0 Å². The summed E-state index contributed by atoms with van der Waals surface area (Å²) < 4.78 is 16.2.